The second kappa shape index (κ2) is 11.0. The molecule has 2 N–H and O–H groups in total. The van der Waals surface area contributed by atoms with Crippen LogP contribution in [0.15, 0.2) is 28.9 Å². The summed E-state index contributed by atoms with van der Waals surface area (Å²) in [6.45, 7) is 4.57. The lowest BCUT2D eigenvalue weighted by molar-refractivity contribution is -0.759. The van der Waals surface area contributed by atoms with E-state index >= 15 is 0 Å². The number of halogens is 2. The maximum Gasteiger partial charge on any atom is 0.305 e. The number of thioether (sulfide) groups is 1. The largest absolute Gasteiger partial charge is 0.344 e. The molecular weight excluding hydrogens is 479 g/mol. The highest BCUT2D eigenvalue weighted by molar-refractivity contribution is 8.14. The minimum absolute atomic E-state index is 0.0294. The summed E-state index contributed by atoms with van der Waals surface area (Å²) in [5.74, 6) is -0.875. The van der Waals surface area contributed by atoms with Gasteiger partial charge in [-0.05, 0) is 19.2 Å². The van der Waals surface area contributed by atoms with Gasteiger partial charge in [0, 0.05) is 25.8 Å². The smallest absolute Gasteiger partial charge is 0.305 e. The van der Waals surface area contributed by atoms with Crippen molar-refractivity contribution in [2.45, 2.75) is 13.0 Å². The van der Waals surface area contributed by atoms with Crippen LogP contribution in [0.1, 0.15) is 17.3 Å². The molecule has 3 rings (SSSR count). The second-order valence-electron chi connectivity index (χ2n) is 7.18. The Morgan fingerprint density at radius 2 is 1.88 bits per heavy atom. The fourth-order valence-corrected chi connectivity index (χ4v) is 4.59. The Labute approximate surface area is 199 Å². The zero-order valence-corrected chi connectivity index (χ0v) is 19.8. The number of benzene rings is 1. The van der Waals surface area contributed by atoms with Crippen molar-refractivity contribution in [3.63, 3.8) is 0 Å². The number of anilines is 1. The lowest BCUT2D eigenvalue weighted by atomic mass is 10.2. The number of piperazine rings is 1. The predicted molar refractivity (Wildman–Crippen MR) is 122 cm³/mol. The van der Waals surface area contributed by atoms with Crippen LogP contribution in [0.4, 0.5) is 5.88 Å². The van der Waals surface area contributed by atoms with E-state index in [4.69, 9.17) is 27.7 Å². The van der Waals surface area contributed by atoms with Crippen LogP contribution in [-0.2, 0) is 9.59 Å². The molecule has 1 aromatic carbocycles. The van der Waals surface area contributed by atoms with E-state index in [-0.39, 0.29) is 27.2 Å². The number of nitrogens with one attached hydrogen (secondary N) is 2. The molecule has 2 heterocycles. The van der Waals surface area contributed by atoms with Crippen LogP contribution in [0, 0.1) is 0 Å². The Balaban J connectivity index is 1.62. The molecule has 10 nitrogen and oxygen atoms in total. The molecule has 1 atom stereocenters. The maximum absolute atomic E-state index is 12.7. The van der Waals surface area contributed by atoms with Gasteiger partial charge in [0.25, 0.3) is 6.20 Å². The van der Waals surface area contributed by atoms with E-state index in [2.05, 4.69) is 20.8 Å². The molecule has 0 saturated carbocycles. The molecular formula is C19H23Cl2N6O4S+. The van der Waals surface area contributed by atoms with Crippen LogP contribution < -0.4 is 20.4 Å². The first-order valence-corrected chi connectivity index (χ1v) is 11.5. The van der Waals surface area contributed by atoms with E-state index in [0.717, 1.165) is 37.9 Å². The Morgan fingerprint density at radius 1 is 1.22 bits per heavy atom. The number of carbonyl (C=O) groups is 3. The first-order chi connectivity index (χ1) is 15.2. The van der Waals surface area contributed by atoms with Crippen molar-refractivity contribution < 1.29 is 23.7 Å². The molecule has 1 aliphatic heterocycles. The molecule has 32 heavy (non-hydrogen) atoms. The van der Waals surface area contributed by atoms with E-state index in [1.54, 1.807) is 24.4 Å². The van der Waals surface area contributed by atoms with Crippen LogP contribution in [0.5, 0.6) is 0 Å². The van der Waals surface area contributed by atoms with Crippen molar-refractivity contribution in [1.29, 1.82) is 0 Å². The van der Waals surface area contributed by atoms with Gasteiger partial charge in [-0.3, -0.25) is 24.2 Å². The average molecular weight is 502 g/mol. The standard InChI is InChI=1S/C19H22Cl2N6O4S/c1-12(28)22-15(11-32-19(30)17-13(20)4-3-5-14(17)21)18(29)23-16-10-27(24-31-16)26-8-6-25(2)7-9-26/h3-5,10,15H,6-9,11H2,1-2H3,(H-,22,23,24,28,29)/p+1/t15-/m0/s1. The van der Waals surface area contributed by atoms with E-state index in [0.29, 0.717) is 0 Å². The number of hydrogen-bond acceptors (Lipinski definition) is 8. The van der Waals surface area contributed by atoms with Gasteiger partial charge in [0.2, 0.25) is 22.2 Å². The monoisotopic (exact) mass is 501 g/mol. The van der Waals surface area contributed by atoms with E-state index < -0.39 is 23.0 Å². The highest BCUT2D eigenvalue weighted by Gasteiger charge is 2.28. The maximum atomic E-state index is 12.7. The zero-order valence-electron chi connectivity index (χ0n) is 17.5. The van der Waals surface area contributed by atoms with Gasteiger partial charge in [-0.25, -0.2) is 0 Å². The van der Waals surface area contributed by atoms with Crippen molar-refractivity contribution in [3.05, 3.63) is 40.0 Å². The average Bonchev–Trinajstić information content (AvgIpc) is 3.19. The molecule has 0 unspecified atom stereocenters. The second-order valence-corrected chi connectivity index (χ2v) is 8.99. The molecule has 0 radical (unpaired) electrons. The Morgan fingerprint density at radius 3 is 2.50 bits per heavy atom. The number of carbonyl (C=O) groups excluding carboxylic acids is 3. The van der Waals surface area contributed by atoms with Crippen molar-refractivity contribution in [1.82, 2.24) is 15.5 Å². The first-order valence-electron chi connectivity index (χ1n) is 9.76. The summed E-state index contributed by atoms with van der Waals surface area (Å²) in [6.07, 6.45) is 1.55. The normalized spacial score (nSPS) is 15.3. The number of nitrogens with zero attached hydrogens (tertiary/aromatic N) is 4. The van der Waals surface area contributed by atoms with Crippen LogP contribution in [0.3, 0.4) is 0 Å². The Kier molecular flexibility index (Phi) is 8.35. The quantitative estimate of drug-likeness (QED) is 0.543. The van der Waals surface area contributed by atoms with Crippen LogP contribution >= 0.6 is 35.0 Å². The first kappa shape index (κ1) is 24.3. The highest BCUT2D eigenvalue weighted by atomic mass is 35.5. The zero-order chi connectivity index (χ0) is 23.3. The summed E-state index contributed by atoms with van der Waals surface area (Å²) in [5, 5.41) is 11.0. The Bertz CT molecular complexity index is 976. The molecule has 2 aromatic rings. The highest BCUT2D eigenvalue weighted by Crippen LogP contribution is 2.28. The van der Waals surface area contributed by atoms with Gasteiger partial charge >= 0.3 is 5.88 Å². The van der Waals surface area contributed by atoms with E-state index in [1.165, 1.54) is 11.7 Å². The van der Waals surface area contributed by atoms with Crippen molar-refractivity contribution in [3.8, 4) is 0 Å². The molecule has 0 spiro atoms. The fourth-order valence-electron chi connectivity index (χ4n) is 2.99. The van der Waals surface area contributed by atoms with Gasteiger partial charge in [-0.1, -0.05) is 41.0 Å². The topological polar surface area (TPSA) is 112 Å². The van der Waals surface area contributed by atoms with Gasteiger partial charge < -0.3 is 10.2 Å². The third-order valence-electron chi connectivity index (χ3n) is 4.71. The van der Waals surface area contributed by atoms with Crippen LogP contribution in [0.25, 0.3) is 0 Å². The van der Waals surface area contributed by atoms with Gasteiger partial charge in [0.15, 0.2) is 0 Å². The fraction of sp³-hybridized carbons (Fsp3) is 0.421. The Hall–Kier alpha value is -2.34. The molecule has 0 bridgehead atoms. The number of amides is 2. The molecule has 0 aliphatic carbocycles. The van der Waals surface area contributed by atoms with Gasteiger partial charge in [-0.15, -0.1) is 0 Å². The van der Waals surface area contributed by atoms with Gasteiger partial charge in [0.1, 0.15) is 6.04 Å². The summed E-state index contributed by atoms with van der Waals surface area (Å²) in [4.78, 5) is 40.6. The number of aromatic nitrogens is 2. The summed E-state index contributed by atoms with van der Waals surface area (Å²) in [7, 11) is 2.04. The minimum atomic E-state index is -0.995. The summed E-state index contributed by atoms with van der Waals surface area (Å²) < 4.78 is 5.20. The summed E-state index contributed by atoms with van der Waals surface area (Å²) in [5.41, 5.74) is 0.159. The minimum Gasteiger partial charge on any atom is -0.344 e. The summed E-state index contributed by atoms with van der Waals surface area (Å²) >= 11 is 13.0. The molecule has 13 heteroatoms. The summed E-state index contributed by atoms with van der Waals surface area (Å²) in [6, 6.07) is 3.74. The van der Waals surface area contributed by atoms with Crippen molar-refractivity contribution >= 4 is 57.8 Å². The van der Waals surface area contributed by atoms with Crippen LogP contribution in [-0.4, -0.2) is 72.1 Å². The number of hydrogen-bond donors (Lipinski definition) is 2. The van der Waals surface area contributed by atoms with Crippen molar-refractivity contribution in [2.75, 3.05) is 49.3 Å². The van der Waals surface area contributed by atoms with Crippen LogP contribution in [0.2, 0.25) is 10.0 Å². The van der Waals surface area contributed by atoms with E-state index in [1.807, 2.05) is 12.1 Å². The number of rotatable bonds is 7. The lowest BCUT2D eigenvalue weighted by Crippen LogP contribution is -2.65. The molecule has 172 valence electrons. The molecule has 1 saturated heterocycles. The molecule has 1 aliphatic rings. The lowest BCUT2D eigenvalue weighted by Gasteiger charge is -2.26. The van der Waals surface area contributed by atoms with Gasteiger partial charge in [0.05, 0.1) is 33.5 Å². The molecule has 1 fully saturated rings. The van der Waals surface area contributed by atoms with Gasteiger partial charge in [-0.2, -0.15) is 5.01 Å². The predicted octanol–water partition coefficient (Wildman–Crippen LogP) is 1.17. The third-order valence-corrected chi connectivity index (χ3v) is 6.31. The third kappa shape index (κ3) is 6.35. The van der Waals surface area contributed by atoms with E-state index in [9.17, 15) is 14.4 Å². The number of likely N-dealkylation sites (N-methyl/N-ethyl adjacent to an activating group) is 1. The van der Waals surface area contributed by atoms with Crippen molar-refractivity contribution in [2.24, 2.45) is 0 Å². The SMILES string of the molecule is CC(=O)N[C@@H](CSC(=O)c1c(Cl)cccc1Cl)C(=O)Nc1c[n+](N2CCN(C)CC2)no1. The molecule has 1 aromatic heterocycles. The molecule has 2 amide bonds.